The first-order chi connectivity index (χ1) is 8.06. The van der Waals surface area contributed by atoms with Gasteiger partial charge in [-0.25, -0.2) is 0 Å². The lowest BCUT2D eigenvalue weighted by molar-refractivity contribution is 0.621. The number of rotatable bonds is 3. The Morgan fingerprint density at radius 3 is 2.59 bits per heavy atom. The lowest BCUT2D eigenvalue weighted by Crippen LogP contribution is -2.02. The smallest absolute Gasteiger partial charge is 0.0835 e. The Morgan fingerprint density at radius 2 is 2.00 bits per heavy atom. The number of hydrogen-bond acceptors (Lipinski definition) is 1. The van der Waals surface area contributed by atoms with Crippen LogP contribution in [0.5, 0.6) is 0 Å². The molecular weight excluding hydrogens is 255 g/mol. The molecule has 0 aliphatic heterocycles. The average molecular weight is 271 g/mol. The van der Waals surface area contributed by atoms with E-state index < -0.39 is 0 Å². The molecule has 2 nitrogen and oxygen atoms in total. The third-order valence-corrected chi connectivity index (χ3v) is 3.73. The second kappa shape index (κ2) is 4.89. The molecule has 4 heteroatoms. The van der Waals surface area contributed by atoms with Gasteiger partial charge < -0.3 is 10.3 Å². The molecule has 0 aliphatic carbocycles. The molecule has 92 valence electrons. The molecule has 0 amide bonds. The molecule has 1 heterocycles. The van der Waals surface area contributed by atoms with Crippen molar-refractivity contribution in [3.63, 3.8) is 0 Å². The highest BCUT2D eigenvalue weighted by Gasteiger charge is 2.14. The fourth-order valence-electron chi connectivity index (χ4n) is 2.12. The Balaban J connectivity index is 2.77. The van der Waals surface area contributed by atoms with Crippen LogP contribution in [0.2, 0.25) is 10.0 Å². The summed E-state index contributed by atoms with van der Waals surface area (Å²) in [7, 11) is 0. The summed E-state index contributed by atoms with van der Waals surface area (Å²) in [6.07, 6.45) is 2.98. The molecule has 1 aromatic heterocycles. The number of benzene rings is 1. The Kier molecular flexibility index (Phi) is 3.67. The van der Waals surface area contributed by atoms with E-state index in [-0.39, 0.29) is 0 Å². The van der Waals surface area contributed by atoms with Crippen molar-refractivity contribution >= 4 is 34.1 Å². The van der Waals surface area contributed by atoms with Crippen LogP contribution in [0.1, 0.15) is 25.5 Å². The first kappa shape index (κ1) is 12.7. The summed E-state index contributed by atoms with van der Waals surface area (Å²) in [5.74, 6) is 0. The van der Waals surface area contributed by atoms with Gasteiger partial charge in [-0.3, -0.25) is 0 Å². The summed E-state index contributed by atoms with van der Waals surface area (Å²) < 4.78 is 2.16. The predicted molar refractivity (Wildman–Crippen MR) is 75.1 cm³/mol. The molecule has 0 saturated carbocycles. The minimum absolute atomic E-state index is 0.347. The van der Waals surface area contributed by atoms with E-state index >= 15 is 0 Å². The van der Waals surface area contributed by atoms with E-state index in [1.807, 2.05) is 12.1 Å². The normalized spacial score (nSPS) is 11.6. The Bertz CT molecular complexity index is 544. The molecule has 0 unspecified atom stereocenters. The maximum atomic E-state index is 6.30. The SMILES string of the molecule is CC(C)n1cc(CCN)c2ccc(Cl)c(Cl)c21. The minimum Gasteiger partial charge on any atom is -0.343 e. The summed E-state index contributed by atoms with van der Waals surface area (Å²) in [5, 5.41) is 2.37. The first-order valence-electron chi connectivity index (χ1n) is 5.73. The molecule has 0 atom stereocenters. The molecule has 0 saturated heterocycles. The van der Waals surface area contributed by atoms with Gasteiger partial charge in [-0.2, -0.15) is 0 Å². The lowest BCUT2D eigenvalue weighted by atomic mass is 10.1. The van der Waals surface area contributed by atoms with E-state index in [0.717, 1.165) is 17.3 Å². The molecule has 2 rings (SSSR count). The van der Waals surface area contributed by atoms with E-state index in [1.54, 1.807) is 0 Å². The molecular formula is C13H16Cl2N2. The quantitative estimate of drug-likeness (QED) is 0.897. The number of aromatic nitrogens is 1. The number of nitrogens with zero attached hydrogens (tertiary/aromatic N) is 1. The van der Waals surface area contributed by atoms with Crippen LogP contribution in [0.25, 0.3) is 10.9 Å². The van der Waals surface area contributed by atoms with Crippen LogP contribution < -0.4 is 5.73 Å². The van der Waals surface area contributed by atoms with E-state index in [4.69, 9.17) is 28.9 Å². The highest BCUT2D eigenvalue weighted by atomic mass is 35.5. The third-order valence-electron chi connectivity index (χ3n) is 2.94. The highest BCUT2D eigenvalue weighted by molar-refractivity contribution is 6.45. The number of hydrogen-bond donors (Lipinski definition) is 1. The maximum Gasteiger partial charge on any atom is 0.0835 e. The van der Waals surface area contributed by atoms with Crippen molar-refractivity contribution < 1.29 is 0 Å². The van der Waals surface area contributed by atoms with E-state index in [1.165, 1.54) is 5.56 Å². The largest absolute Gasteiger partial charge is 0.343 e. The molecule has 2 N–H and O–H groups in total. The third kappa shape index (κ3) is 2.17. The van der Waals surface area contributed by atoms with Crippen LogP contribution in [0, 0.1) is 0 Å². The van der Waals surface area contributed by atoms with E-state index in [2.05, 4.69) is 24.6 Å². The zero-order valence-corrected chi connectivity index (χ0v) is 11.5. The second-order valence-electron chi connectivity index (χ2n) is 4.45. The van der Waals surface area contributed by atoms with Crippen LogP contribution in [0.15, 0.2) is 18.3 Å². The van der Waals surface area contributed by atoms with Crippen LogP contribution in [0.3, 0.4) is 0 Å². The van der Waals surface area contributed by atoms with E-state index in [9.17, 15) is 0 Å². The second-order valence-corrected chi connectivity index (χ2v) is 5.24. The summed E-state index contributed by atoms with van der Waals surface area (Å²) >= 11 is 12.4. The zero-order chi connectivity index (χ0) is 12.6. The molecule has 17 heavy (non-hydrogen) atoms. The average Bonchev–Trinajstić information content (AvgIpc) is 2.64. The Morgan fingerprint density at radius 1 is 1.29 bits per heavy atom. The van der Waals surface area contributed by atoms with Gasteiger partial charge in [-0.15, -0.1) is 0 Å². The van der Waals surface area contributed by atoms with Crippen molar-refractivity contribution in [2.24, 2.45) is 5.73 Å². The topological polar surface area (TPSA) is 30.9 Å². The van der Waals surface area contributed by atoms with Crippen LogP contribution in [0.4, 0.5) is 0 Å². The zero-order valence-electron chi connectivity index (χ0n) is 10.0. The lowest BCUT2D eigenvalue weighted by Gasteiger charge is -2.10. The van der Waals surface area contributed by atoms with Crippen molar-refractivity contribution in [1.82, 2.24) is 4.57 Å². The molecule has 0 spiro atoms. The Hall–Kier alpha value is -0.700. The molecule has 1 aromatic carbocycles. The minimum atomic E-state index is 0.347. The molecule has 2 aromatic rings. The van der Waals surface area contributed by atoms with Gasteiger partial charge in [0.15, 0.2) is 0 Å². The fraction of sp³-hybridized carbons (Fsp3) is 0.385. The van der Waals surface area contributed by atoms with Gasteiger partial charge in [-0.1, -0.05) is 29.3 Å². The van der Waals surface area contributed by atoms with Crippen molar-refractivity contribution in [3.05, 3.63) is 33.9 Å². The standard InChI is InChI=1S/C13H16Cl2N2/c1-8(2)17-7-9(5-6-16)10-3-4-11(14)12(15)13(10)17/h3-4,7-8H,5-6,16H2,1-2H3. The summed E-state index contributed by atoms with van der Waals surface area (Å²) in [5.41, 5.74) is 7.88. The first-order valence-corrected chi connectivity index (χ1v) is 6.49. The van der Waals surface area contributed by atoms with Crippen LogP contribution >= 0.6 is 23.2 Å². The molecule has 0 fully saturated rings. The summed E-state index contributed by atoms with van der Waals surface area (Å²) in [6, 6.07) is 4.21. The van der Waals surface area contributed by atoms with Gasteiger partial charge in [0.25, 0.3) is 0 Å². The van der Waals surface area contributed by atoms with Gasteiger partial charge in [-0.05, 0) is 38.4 Å². The van der Waals surface area contributed by atoms with E-state index in [0.29, 0.717) is 22.6 Å². The highest BCUT2D eigenvalue weighted by Crippen LogP contribution is 2.35. The molecule has 0 aliphatic rings. The van der Waals surface area contributed by atoms with Crippen LogP contribution in [-0.2, 0) is 6.42 Å². The van der Waals surface area contributed by atoms with Gasteiger partial charge >= 0.3 is 0 Å². The summed E-state index contributed by atoms with van der Waals surface area (Å²) in [4.78, 5) is 0. The van der Waals surface area contributed by atoms with Gasteiger partial charge in [0.2, 0.25) is 0 Å². The number of nitrogens with two attached hydrogens (primary N) is 1. The van der Waals surface area contributed by atoms with Crippen LogP contribution in [-0.4, -0.2) is 11.1 Å². The number of halogens is 2. The van der Waals surface area contributed by atoms with Crippen molar-refractivity contribution in [2.75, 3.05) is 6.54 Å². The van der Waals surface area contributed by atoms with Gasteiger partial charge in [0.05, 0.1) is 15.6 Å². The van der Waals surface area contributed by atoms with Crippen molar-refractivity contribution in [3.8, 4) is 0 Å². The summed E-state index contributed by atoms with van der Waals surface area (Å²) in [6.45, 7) is 4.89. The van der Waals surface area contributed by atoms with Crippen molar-refractivity contribution in [1.29, 1.82) is 0 Å². The van der Waals surface area contributed by atoms with Crippen molar-refractivity contribution in [2.45, 2.75) is 26.3 Å². The van der Waals surface area contributed by atoms with Gasteiger partial charge in [0.1, 0.15) is 0 Å². The maximum absolute atomic E-state index is 6.30. The molecule has 0 bridgehead atoms. The fourth-order valence-corrected chi connectivity index (χ4v) is 2.53. The molecule has 0 radical (unpaired) electrons. The van der Waals surface area contributed by atoms with Gasteiger partial charge in [0, 0.05) is 17.6 Å². The Labute approximate surface area is 111 Å². The monoisotopic (exact) mass is 270 g/mol. The number of fused-ring (bicyclic) bond motifs is 1. The predicted octanol–water partition coefficient (Wildman–Crippen LogP) is 4.03.